The average Bonchev–Trinajstić information content (AvgIpc) is 2.48. The molecular formula is C14H24N2O3. The molecule has 3 fully saturated rings. The number of rotatable bonds is 1. The van der Waals surface area contributed by atoms with Crippen LogP contribution in [0, 0.1) is 0 Å². The van der Waals surface area contributed by atoms with Crippen LogP contribution in [0.15, 0.2) is 0 Å². The maximum atomic E-state index is 12.2. The number of hydrogen-bond donors (Lipinski definition) is 0. The van der Waals surface area contributed by atoms with E-state index >= 15 is 0 Å². The number of amides is 1. The molecule has 0 spiro atoms. The van der Waals surface area contributed by atoms with E-state index in [0.717, 1.165) is 26.3 Å². The second-order valence-electron chi connectivity index (χ2n) is 6.91. The van der Waals surface area contributed by atoms with Gasteiger partial charge in [-0.05, 0) is 33.6 Å². The Morgan fingerprint density at radius 1 is 1.11 bits per heavy atom. The van der Waals surface area contributed by atoms with E-state index in [1.54, 1.807) is 0 Å². The standard InChI is InChI=1S/C14H24N2O3/c1-14(2,3)19-13(17)15-6-10-4-5-11(7-15)16(10)12-8-18-9-12/h10-12H,4-9H2,1-3H3. The molecule has 0 aromatic carbocycles. The van der Waals surface area contributed by atoms with Crippen molar-refractivity contribution in [2.24, 2.45) is 0 Å². The van der Waals surface area contributed by atoms with Crippen molar-refractivity contribution >= 4 is 6.09 Å². The Hall–Kier alpha value is -0.810. The highest BCUT2D eigenvalue weighted by Crippen LogP contribution is 2.34. The zero-order valence-electron chi connectivity index (χ0n) is 12.1. The highest BCUT2D eigenvalue weighted by atomic mass is 16.6. The van der Waals surface area contributed by atoms with Gasteiger partial charge in [-0.1, -0.05) is 0 Å². The monoisotopic (exact) mass is 268 g/mol. The van der Waals surface area contributed by atoms with Crippen molar-refractivity contribution in [3.8, 4) is 0 Å². The van der Waals surface area contributed by atoms with Gasteiger partial charge >= 0.3 is 6.09 Å². The summed E-state index contributed by atoms with van der Waals surface area (Å²) in [6.07, 6.45) is 2.23. The molecule has 2 atom stereocenters. The number of piperazine rings is 1. The maximum absolute atomic E-state index is 12.2. The molecule has 0 aromatic heterocycles. The van der Waals surface area contributed by atoms with Crippen LogP contribution in [0.2, 0.25) is 0 Å². The fourth-order valence-corrected chi connectivity index (χ4v) is 3.40. The van der Waals surface area contributed by atoms with Gasteiger partial charge in [-0.15, -0.1) is 0 Å². The first-order valence-electron chi connectivity index (χ1n) is 7.27. The molecule has 0 N–H and O–H groups in total. The van der Waals surface area contributed by atoms with Crippen molar-refractivity contribution in [1.29, 1.82) is 0 Å². The van der Waals surface area contributed by atoms with Crippen LogP contribution in [-0.4, -0.2) is 65.9 Å². The Labute approximate surface area is 114 Å². The van der Waals surface area contributed by atoms with Crippen LogP contribution in [0.1, 0.15) is 33.6 Å². The van der Waals surface area contributed by atoms with Crippen molar-refractivity contribution in [2.75, 3.05) is 26.3 Å². The molecule has 5 heteroatoms. The number of hydrogen-bond acceptors (Lipinski definition) is 4. The lowest BCUT2D eigenvalue weighted by atomic mass is 10.1. The first kappa shape index (κ1) is 13.2. The summed E-state index contributed by atoms with van der Waals surface area (Å²) >= 11 is 0. The molecule has 0 saturated carbocycles. The van der Waals surface area contributed by atoms with Gasteiger partial charge < -0.3 is 14.4 Å². The second kappa shape index (κ2) is 4.63. The zero-order valence-corrected chi connectivity index (χ0v) is 12.1. The van der Waals surface area contributed by atoms with Crippen molar-refractivity contribution in [2.45, 2.75) is 57.3 Å². The second-order valence-corrected chi connectivity index (χ2v) is 6.91. The van der Waals surface area contributed by atoms with Crippen molar-refractivity contribution < 1.29 is 14.3 Å². The van der Waals surface area contributed by atoms with Crippen LogP contribution in [0.3, 0.4) is 0 Å². The minimum absolute atomic E-state index is 0.158. The van der Waals surface area contributed by atoms with E-state index in [1.807, 2.05) is 25.7 Å². The molecule has 2 bridgehead atoms. The predicted molar refractivity (Wildman–Crippen MR) is 71.1 cm³/mol. The number of ether oxygens (including phenoxy) is 2. The smallest absolute Gasteiger partial charge is 0.410 e. The van der Waals surface area contributed by atoms with E-state index in [0.29, 0.717) is 18.1 Å². The molecule has 3 heterocycles. The first-order valence-corrected chi connectivity index (χ1v) is 7.27. The average molecular weight is 268 g/mol. The van der Waals surface area contributed by atoms with E-state index in [9.17, 15) is 4.79 Å². The summed E-state index contributed by atoms with van der Waals surface area (Å²) in [4.78, 5) is 16.6. The summed E-state index contributed by atoms with van der Waals surface area (Å²) in [5.74, 6) is 0. The summed E-state index contributed by atoms with van der Waals surface area (Å²) in [7, 11) is 0. The van der Waals surface area contributed by atoms with Gasteiger partial charge in [0.05, 0.1) is 19.3 Å². The van der Waals surface area contributed by atoms with E-state index in [-0.39, 0.29) is 6.09 Å². The van der Waals surface area contributed by atoms with Gasteiger partial charge in [0.2, 0.25) is 0 Å². The fraction of sp³-hybridized carbons (Fsp3) is 0.929. The van der Waals surface area contributed by atoms with Gasteiger partial charge in [-0.2, -0.15) is 0 Å². The third kappa shape index (κ3) is 2.58. The van der Waals surface area contributed by atoms with Crippen LogP contribution in [0.5, 0.6) is 0 Å². The highest BCUT2D eigenvalue weighted by molar-refractivity contribution is 5.68. The molecule has 108 valence electrons. The molecular weight excluding hydrogens is 244 g/mol. The Morgan fingerprint density at radius 3 is 2.11 bits per heavy atom. The van der Waals surface area contributed by atoms with Crippen LogP contribution in [0.4, 0.5) is 4.79 Å². The fourth-order valence-electron chi connectivity index (χ4n) is 3.40. The van der Waals surface area contributed by atoms with Crippen LogP contribution < -0.4 is 0 Å². The number of carbonyl (C=O) groups excluding carboxylic acids is 1. The van der Waals surface area contributed by atoms with Crippen molar-refractivity contribution in [1.82, 2.24) is 9.80 Å². The number of likely N-dealkylation sites (tertiary alicyclic amines) is 1. The van der Waals surface area contributed by atoms with Gasteiger partial charge in [0.15, 0.2) is 0 Å². The van der Waals surface area contributed by atoms with Gasteiger partial charge in [0.1, 0.15) is 5.60 Å². The molecule has 3 aliphatic rings. The molecule has 19 heavy (non-hydrogen) atoms. The minimum atomic E-state index is -0.408. The molecule has 1 amide bonds. The number of fused-ring (bicyclic) bond motifs is 2. The van der Waals surface area contributed by atoms with E-state index < -0.39 is 5.60 Å². The molecule has 0 radical (unpaired) electrons. The van der Waals surface area contributed by atoms with Gasteiger partial charge in [-0.3, -0.25) is 4.90 Å². The van der Waals surface area contributed by atoms with E-state index in [1.165, 1.54) is 12.8 Å². The third-order valence-electron chi connectivity index (χ3n) is 4.23. The third-order valence-corrected chi connectivity index (χ3v) is 4.23. The van der Waals surface area contributed by atoms with Crippen molar-refractivity contribution in [3.05, 3.63) is 0 Å². The zero-order chi connectivity index (χ0) is 13.6. The summed E-state index contributed by atoms with van der Waals surface area (Å²) in [5.41, 5.74) is -0.408. The van der Waals surface area contributed by atoms with Crippen LogP contribution in [0.25, 0.3) is 0 Å². The lowest BCUT2D eigenvalue weighted by molar-refractivity contribution is -0.100. The summed E-state index contributed by atoms with van der Waals surface area (Å²) < 4.78 is 10.8. The molecule has 0 aromatic rings. The van der Waals surface area contributed by atoms with Gasteiger partial charge in [0, 0.05) is 25.2 Å². The van der Waals surface area contributed by atoms with Crippen LogP contribution in [-0.2, 0) is 9.47 Å². The van der Waals surface area contributed by atoms with E-state index in [4.69, 9.17) is 9.47 Å². The van der Waals surface area contributed by atoms with Gasteiger partial charge in [-0.25, -0.2) is 4.79 Å². The molecule has 3 aliphatic heterocycles. The molecule has 5 nitrogen and oxygen atoms in total. The quantitative estimate of drug-likeness (QED) is 0.722. The van der Waals surface area contributed by atoms with E-state index in [2.05, 4.69) is 4.90 Å². The van der Waals surface area contributed by atoms with Crippen molar-refractivity contribution in [3.63, 3.8) is 0 Å². The number of nitrogens with zero attached hydrogens (tertiary/aromatic N) is 2. The summed E-state index contributed by atoms with van der Waals surface area (Å²) in [6, 6.07) is 1.58. The Morgan fingerprint density at radius 2 is 1.68 bits per heavy atom. The molecule has 2 unspecified atom stereocenters. The maximum Gasteiger partial charge on any atom is 0.410 e. The largest absolute Gasteiger partial charge is 0.444 e. The summed E-state index contributed by atoms with van der Waals surface area (Å²) in [5, 5.41) is 0. The Kier molecular flexibility index (Phi) is 3.21. The predicted octanol–water partition coefficient (Wildman–Crippen LogP) is 1.47. The molecule has 3 rings (SSSR count). The number of carbonyl (C=O) groups is 1. The topological polar surface area (TPSA) is 42.0 Å². The Bertz CT molecular complexity index is 348. The molecule has 0 aliphatic carbocycles. The lowest BCUT2D eigenvalue weighted by Crippen LogP contribution is -2.63. The normalized spacial score (nSPS) is 32.3. The highest BCUT2D eigenvalue weighted by Gasteiger charge is 2.46. The lowest BCUT2D eigenvalue weighted by Gasteiger charge is -2.47. The molecule has 3 saturated heterocycles. The first-order chi connectivity index (χ1) is 8.94. The van der Waals surface area contributed by atoms with Gasteiger partial charge in [0.25, 0.3) is 0 Å². The Balaban J connectivity index is 1.62. The van der Waals surface area contributed by atoms with Crippen LogP contribution >= 0.6 is 0 Å². The SMILES string of the molecule is CC(C)(C)OC(=O)N1CC2CCC(C1)N2C1COC1. The minimum Gasteiger partial charge on any atom is -0.444 e. The summed E-state index contributed by atoms with van der Waals surface area (Å²) in [6.45, 7) is 9.09.